The Kier molecular flexibility index (Phi) is 4.52. The molecule has 2 aromatic heterocycles. The summed E-state index contributed by atoms with van der Waals surface area (Å²) in [4.78, 5) is 30.5. The average molecular weight is 387 g/mol. The molecule has 0 aliphatic carbocycles. The van der Waals surface area contributed by atoms with Crippen LogP contribution < -0.4 is 10.3 Å². The zero-order valence-corrected chi connectivity index (χ0v) is 14.6. The van der Waals surface area contributed by atoms with Crippen molar-refractivity contribution in [2.45, 2.75) is 0 Å². The maximum Gasteiger partial charge on any atom is 0.341 e. The van der Waals surface area contributed by atoms with E-state index in [2.05, 4.69) is 4.98 Å². The van der Waals surface area contributed by atoms with Crippen LogP contribution in [0.15, 0.2) is 41.3 Å². The second-order valence-electron chi connectivity index (χ2n) is 6.28. The average Bonchev–Trinajstić information content (AvgIpc) is 2.69. The number of rotatable bonds is 3. The first kappa shape index (κ1) is 18.1. The predicted octanol–water partition coefficient (Wildman–Crippen LogP) is 2.20. The van der Waals surface area contributed by atoms with Crippen molar-refractivity contribution in [3.63, 3.8) is 0 Å². The number of halogens is 2. The van der Waals surface area contributed by atoms with Crippen LogP contribution in [0.25, 0.3) is 16.7 Å². The lowest BCUT2D eigenvalue weighted by molar-refractivity contribution is 0.0695. The highest BCUT2D eigenvalue weighted by Crippen LogP contribution is 2.23. The molecule has 1 N–H and O–H groups in total. The molecule has 144 valence electrons. The lowest BCUT2D eigenvalue weighted by Crippen LogP contribution is -2.36. The molecule has 7 nitrogen and oxygen atoms in total. The zero-order chi connectivity index (χ0) is 19.8. The summed E-state index contributed by atoms with van der Waals surface area (Å²) in [5.41, 5.74) is -1.27. The molecule has 3 heterocycles. The summed E-state index contributed by atoms with van der Waals surface area (Å²) in [5, 5.41) is 9.39. The lowest BCUT2D eigenvalue weighted by atomic mass is 10.1. The van der Waals surface area contributed by atoms with Crippen molar-refractivity contribution in [2.75, 3.05) is 31.2 Å². The van der Waals surface area contributed by atoms with Crippen LogP contribution in [0.4, 0.5) is 14.6 Å². The molecular weight excluding hydrogens is 372 g/mol. The molecule has 0 spiro atoms. The van der Waals surface area contributed by atoms with Gasteiger partial charge in [0.2, 0.25) is 5.43 Å². The van der Waals surface area contributed by atoms with Crippen molar-refractivity contribution in [3.8, 4) is 5.69 Å². The van der Waals surface area contributed by atoms with Gasteiger partial charge in [-0.3, -0.25) is 9.36 Å². The number of fused-ring (bicyclic) bond motifs is 1. The fourth-order valence-electron chi connectivity index (χ4n) is 3.17. The van der Waals surface area contributed by atoms with Crippen molar-refractivity contribution in [3.05, 3.63) is 63.9 Å². The van der Waals surface area contributed by atoms with Gasteiger partial charge in [-0.25, -0.2) is 18.6 Å². The third-order valence-electron chi connectivity index (χ3n) is 4.57. The van der Waals surface area contributed by atoms with E-state index in [0.29, 0.717) is 38.2 Å². The van der Waals surface area contributed by atoms with E-state index in [1.54, 1.807) is 6.07 Å². The Hall–Kier alpha value is -3.33. The maximum absolute atomic E-state index is 14.4. The van der Waals surface area contributed by atoms with E-state index in [1.807, 2.05) is 4.90 Å². The number of pyridine rings is 2. The molecule has 0 amide bonds. The number of hydrogen-bond acceptors (Lipinski definition) is 5. The number of aromatic nitrogens is 2. The number of morpholine rings is 1. The van der Waals surface area contributed by atoms with Gasteiger partial charge in [0.15, 0.2) is 5.65 Å². The van der Waals surface area contributed by atoms with Gasteiger partial charge in [-0.1, -0.05) is 0 Å². The van der Waals surface area contributed by atoms with Gasteiger partial charge < -0.3 is 14.7 Å². The third kappa shape index (κ3) is 3.09. The van der Waals surface area contributed by atoms with Crippen LogP contribution in [0, 0.1) is 11.6 Å². The normalized spacial score (nSPS) is 14.4. The number of anilines is 1. The minimum atomic E-state index is -1.44. The molecule has 28 heavy (non-hydrogen) atoms. The van der Waals surface area contributed by atoms with E-state index in [4.69, 9.17) is 4.74 Å². The highest BCUT2D eigenvalue weighted by Gasteiger charge is 2.20. The largest absolute Gasteiger partial charge is 0.477 e. The van der Waals surface area contributed by atoms with Crippen molar-refractivity contribution < 1.29 is 23.4 Å². The number of aromatic carboxylic acids is 1. The van der Waals surface area contributed by atoms with E-state index in [1.165, 1.54) is 16.7 Å². The first-order valence-electron chi connectivity index (χ1n) is 8.53. The van der Waals surface area contributed by atoms with Crippen LogP contribution in [-0.4, -0.2) is 46.9 Å². The molecule has 4 rings (SSSR count). The third-order valence-corrected chi connectivity index (χ3v) is 4.57. The highest BCUT2D eigenvalue weighted by molar-refractivity contribution is 5.92. The number of carbonyl (C=O) groups is 1. The van der Waals surface area contributed by atoms with Gasteiger partial charge in [0.1, 0.15) is 23.0 Å². The number of hydrogen-bond donors (Lipinski definition) is 1. The number of carboxylic acid groups (broad SMARTS) is 1. The van der Waals surface area contributed by atoms with Gasteiger partial charge in [-0.15, -0.1) is 0 Å². The molecule has 1 aliphatic rings. The van der Waals surface area contributed by atoms with Crippen LogP contribution in [0.2, 0.25) is 0 Å². The predicted molar refractivity (Wildman–Crippen MR) is 97.2 cm³/mol. The lowest BCUT2D eigenvalue weighted by Gasteiger charge is -2.28. The zero-order valence-electron chi connectivity index (χ0n) is 14.6. The number of benzene rings is 1. The summed E-state index contributed by atoms with van der Waals surface area (Å²) in [7, 11) is 0. The second-order valence-corrected chi connectivity index (χ2v) is 6.28. The number of carboxylic acids is 1. The Labute approximate surface area is 157 Å². The molecule has 1 aliphatic heterocycles. The number of nitrogens with zero attached hydrogens (tertiary/aromatic N) is 3. The molecule has 9 heteroatoms. The molecule has 0 unspecified atom stereocenters. The first-order valence-corrected chi connectivity index (χ1v) is 8.53. The second kappa shape index (κ2) is 7.01. The molecule has 1 saturated heterocycles. The summed E-state index contributed by atoms with van der Waals surface area (Å²) < 4.78 is 34.2. The fraction of sp³-hybridized carbons (Fsp3) is 0.211. The van der Waals surface area contributed by atoms with Crippen LogP contribution in [-0.2, 0) is 4.74 Å². The molecule has 1 fully saturated rings. The molecule has 3 aromatic rings. The van der Waals surface area contributed by atoms with E-state index in [9.17, 15) is 23.5 Å². The minimum absolute atomic E-state index is 0.0284. The first-order chi connectivity index (χ1) is 13.5. The Bertz CT molecular complexity index is 1140. The summed E-state index contributed by atoms with van der Waals surface area (Å²) >= 11 is 0. The standard InChI is InChI=1S/C19H15F2N3O4/c20-11-1-3-15(14(21)9-11)24-10-13(19(26)27)17(25)12-2-4-16(22-18(12)24)23-5-7-28-8-6-23/h1-4,9-10H,5-8H2,(H,26,27). The van der Waals surface area contributed by atoms with Gasteiger partial charge in [0, 0.05) is 25.4 Å². The quantitative estimate of drug-likeness (QED) is 0.742. The molecule has 1 aromatic carbocycles. The minimum Gasteiger partial charge on any atom is -0.477 e. The van der Waals surface area contributed by atoms with Gasteiger partial charge in [0.05, 0.1) is 24.3 Å². The van der Waals surface area contributed by atoms with Crippen LogP contribution in [0.3, 0.4) is 0 Å². The smallest absolute Gasteiger partial charge is 0.341 e. The summed E-state index contributed by atoms with van der Waals surface area (Å²) in [6, 6.07) is 6.00. The molecule has 0 bridgehead atoms. The van der Waals surface area contributed by atoms with Gasteiger partial charge >= 0.3 is 5.97 Å². The van der Waals surface area contributed by atoms with Crippen LogP contribution in [0.1, 0.15) is 10.4 Å². The van der Waals surface area contributed by atoms with Crippen molar-refractivity contribution in [1.82, 2.24) is 9.55 Å². The van der Waals surface area contributed by atoms with Crippen LogP contribution >= 0.6 is 0 Å². The Morgan fingerprint density at radius 1 is 1.14 bits per heavy atom. The van der Waals surface area contributed by atoms with E-state index in [-0.39, 0.29) is 16.7 Å². The topological polar surface area (TPSA) is 84.7 Å². The summed E-state index contributed by atoms with van der Waals surface area (Å²) in [6.07, 6.45) is 1.01. The van der Waals surface area contributed by atoms with Gasteiger partial charge in [-0.2, -0.15) is 0 Å². The van der Waals surface area contributed by atoms with Gasteiger partial charge in [-0.05, 0) is 24.3 Å². The maximum atomic E-state index is 14.4. The molecule has 0 radical (unpaired) electrons. The summed E-state index contributed by atoms with van der Waals surface area (Å²) in [6.45, 7) is 2.25. The number of ether oxygens (including phenoxy) is 1. The SMILES string of the molecule is O=C(O)c1cn(-c2ccc(F)cc2F)c2nc(N3CCOCC3)ccc2c1=O. The Morgan fingerprint density at radius 2 is 1.89 bits per heavy atom. The van der Waals surface area contributed by atoms with Crippen molar-refractivity contribution >= 4 is 22.8 Å². The highest BCUT2D eigenvalue weighted by atomic mass is 19.1. The van der Waals surface area contributed by atoms with Crippen molar-refractivity contribution in [2.24, 2.45) is 0 Å². The fourth-order valence-corrected chi connectivity index (χ4v) is 3.17. The Morgan fingerprint density at radius 3 is 2.57 bits per heavy atom. The molecule has 0 saturated carbocycles. The van der Waals surface area contributed by atoms with Crippen LogP contribution in [0.5, 0.6) is 0 Å². The van der Waals surface area contributed by atoms with Gasteiger partial charge in [0.25, 0.3) is 0 Å². The summed E-state index contributed by atoms with van der Waals surface area (Å²) in [5.74, 6) is -2.57. The van der Waals surface area contributed by atoms with E-state index < -0.39 is 28.6 Å². The molecule has 0 atom stereocenters. The van der Waals surface area contributed by atoms with Crippen molar-refractivity contribution in [1.29, 1.82) is 0 Å². The van der Waals surface area contributed by atoms with E-state index >= 15 is 0 Å². The monoisotopic (exact) mass is 387 g/mol. The van der Waals surface area contributed by atoms with E-state index in [0.717, 1.165) is 12.3 Å². The Balaban J connectivity index is 2.00. The molecular formula is C19H15F2N3O4.